The first-order valence-corrected chi connectivity index (χ1v) is 17.5. The second kappa shape index (κ2) is 12.7. The molecule has 0 amide bonds. The molecule has 0 aliphatic heterocycles. The number of oxime groups is 1. The number of thiophene rings is 1. The Morgan fingerprint density at radius 1 is 1.16 bits per heavy atom. The number of hydrogen-bond acceptors (Lipinski definition) is 9. The smallest absolute Gasteiger partial charge is 0.306 e. The third-order valence-corrected chi connectivity index (χ3v) is 12.7. The number of ketones is 1. The number of nitrogens with zero attached hydrogens (tertiary/aromatic N) is 1. The zero-order valence-corrected chi connectivity index (χ0v) is 29.0. The molecule has 5 rings (SSSR count). The first-order valence-electron chi connectivity index (χ1n) is 15.9. The fourth-order valence-electron chi connectivity index (χ4n) is 8.83. The number of aliphatic hydroxyl groups excluding tert-OH is 1. The van der Waals surface area contributed by atoms with Crippen molar-refractivity contribution in [1.29, 1.82) is 0 Å². The zero-order chi connectivity index (χ0) is 32.8. The van der Waals surface area contributed by atoms with Crippen molar-refractivity contribution in [3.05, 3.63) is 44.6 Å². The largest absolute Gasteiger partial charge is 0.457 e. The summed E-state index contributed by atoms with van der Waals surface area (Å²) < 4.78 is 30.3. The molecule has 1 aromatic heterocycles. The summed E-state index contributed by atoms with van der Waals surface area (Å²) in [7, 11) is 0. The van der Waals surface area contributed by atoms with Crippen LogP contribution >= 0.6 is 27.3 Å². The van der Waals surface area contributed by atoms with Crippen LogP contribution in [0.5, 0.6) is 0 Å². The van der Waals surface area contributed by atoms with E-state index in [1.54, 1.807) is 37.3 Å². The summed E-state index contributed by atoms with van der Waals surface area (Å²) in [5.74, 6) is -3.05. The van der Waals surface area contributed by atoms with E-state index in [1.165, 1.54) is 4.88 Å². The highest BCUT2D eigenvalue weighted by molar-refractivity contribution is 9.11. The summed E-state index contributed by atoms with van der Waals surface area (Å²) in [6.45, 7) is 8.67. The summed E-state index contributed by atoms with van der Waals surface area (Å²) in [5.41, 5.74) is -4.42. The van der Waals surface area contributed by atoms with Gasteiger partial charge in [-0.15, -0.1) is 11.3 Å². The molecule has 1 heterocycles. The van der Waals surface area contributed by atoms with Gasteiger partial charge in [-0.1, -0.05) is 44.5 Å². The lowest BCUT2D eigenvalue weighted by Gasteiger charge is -2.62. The highest BCUT2D eigenvalue weighted by Crippen LogP contribution is 2.71. The molecule has 246 valence electrons. The number of allylic oxidation sites excluding steroid dienone is 4. The van der Waals surface area contributed by atoms with Crippen molar-refractivity contribution < 1.29 is 38.2 Å². The molecule has 3 fully saturated rings. The molecular weight excluding hydrogens is 665 g/mol. The van der Waals surface area contributed by atoms with Gasteiger partial charge in [-0.2, -0.15) is 0 Å². The van der Waals surface area contributed by atoms with E-state index in [0.717, 1.165) is 15.8 Å². The maximum atomic E-state index is 17.9. The van der Waals surface area contributed by atoms with E-state index in [4.69, 9.17) is 14.3 Å². The fourth-order valence-corrected chi connectivity index (χ4v) is 10.3. The molecule has 0 radical (unpaired) electrons. The van der Waals surface area contributed by atoms with Gasteiger partial charge in [-0.25, -0.2) is 4.39 Å². The molecule has 0 unspecified atom stereocenters. The van der Waals surface area contributed by atoms with Crippen LogP contribution in [0.25, 0.3) is 0 Å². The minimum atomic E-state index is -2.03. The van der Waals surface area contributed by atoms with Crippen LogP contribution < -0.4 is 0 Å². The third-order valence-electron chi connectivity index (χ3n) is 11.1. The number of Topliss-reactive ketones (excluding diaryl/α,β-unsaturated/α-hetero) is 1. The average Bonchev–Trinajstić information content (AvgIpc) is 3.52. The molecule has 3 saturated carbocycles. The molecule has 0 aromatic carbocycles. The van der Waals surface area contributed by atoms with Crippen LogP contribution in [0, 0.1) is 28.6 Å². The number of halogens is 2. The van der Waals surface area contributed by atoms with Gasteiger partial charge in [-0.05, 0) is 78.7 Å². The van der Waals surface area contributed by atoms with Gasteiger partial charge in [0.25, 0.3) is 0 Å². The molecule has 8 atom stereocenters. The van der Waals surface area contributed by atoms with E-state index >= 15 is 4.39 Å². The number of esters is 2. The number of fused-ring (bicyclic) bond motifs is 5. The van der Waals surface area contributed by atoms with Crippen LogP contribution in [-0.4, -0.2) is 59.1 Å². The third kappa shape index (κ3) is 5.44. The summed E-state index contributed by atoms with van der Waals surface area (Å²) in [6.07, 6.45) is 6.24. The summed E-state index contributed by atoms with van der Waals surface area (Å²) in [5, 5.41) is 16.1. The lowest BCUT2D eigenvalue weighted by Crippen LogP contribution is -2.70. The Hall–Kier alpha value is -2.37. The Bertz CT molecular complexity index is 1440. The summed E-state index contributed by atoms with van der Waals surface area (Å²) in [4.78, 5) is 45.6. The van der Waals surface area contributed by atoms with E-state index in [0.29, 0.717) is 31.6 Å². The normalized spacial score (nSPS) is 37.7. The fraction of sp³-hybridized carbons (Fsp3) is 0.647. The molecule has 1 N–H and O–H groups in total. The predicted molar refractivity (Wildman–Crippen MR) is 172 cm³/mol. The Kier molecular flexibility index (Phi) is 9.57. The van der Waals surface area contributed by atoms with E-state index in [-0.39, 0.29) is 25.2 Å². The molecule has 45 heavy (non-hydrogen) atoms. The quantitative estimate of drug-likeness (QED) is 0.164. The molecule has 4 aliphatic carbocycles. The van der Waals surface area contributed by atoms with Crippen LogP contribution in [0.15, 0.2) is 44.9 Å². The van der Waals surface area contributed by atoms with E-state index in [1.807, 2.05) is 39.0 Å². The van der Waals surface area contributed by atoms with E-state index < -0.39 is 64.4 Å². The highest BCUT2D eigenvalue weighted by atomic mass is 79.9. The Morgan fingerprint density at radius 2 is 1.89 bits per heavy atom. The van der Waals surface area contributed by atoms with Gasteiger partial charge in [0, 0.05) is 46.8 Å². The van der Waals surface area contributed by atoms with Gasteiger partial charge < -0.3 is 19.4 Å². The van der Waals surface area contributed by atoms with Crippen molar-refractivity contribution in [2.45, 2.75) is 96.9 Å². The van der Waals surface area contributed by atoms with Crippen LogP contribution in [0.2, 0.25) is 0 Å². The van der Waals surface area contributed by atoms with Crippen molar-refractivity contribution in [2.75, 3.05) is 13.2 Å². The first kappa shape index (κ1) is 34.0. The molecular formula is C34H43BrFNO7S. The number of ether oxygens (including phenoxy) is 2. The Labute approximate surface area is 276 Å². The number of aliphatic hydroxyl groups is 1. The molecule has 4 aliphatic rings. The summed E-state index contributed by atoms with van der Waals surface area (Å²) in [6, 6.07) is 4.04. The average molecular weight is 709 g/mol. The zero-order valence-electron chi connectivity index (χ0n) is 26.6. The standard InChI is InChI=1S/C34H43BrFNO7S/c1-6-29(40)42-19-27(39)34(44-30(41)7-2)20(3)16-25-24-10-8-21-17-22(37-43-15-13-23-9-11-28(35)45-23)12-14-31(21,4)33(24,36)26(38)18-32(25,34)5/h9,11-12,14,17,20,24-26,38H,6-8,10,13,15-16,18-19H2,1-5H3/b37-22+/t20-,24-,25-,26-,31-,32-,33-,34-/m0/s1. The lowest BCUT2D eigenvalue weighted by atomic mass is 9.44. The molecule has 1 aromatic rings. The number of carbonyl (C=O) groups excluding carboxylic acids is 3. The molecule has 0 saturated heterocycles. The number of alkyl halides is 1. The maximum absolute atomic E-state index is 17.9. The van der Waals surface area contributed by atoms with Crippen LogP contribution in [0.1, 0.15) is 78.0 Å². The van der Waals surface area contributed by atoms with Gasteiger partial charge >= 0.3 is 11.9 Å². The van der Waals surface area contributed by atoms with Gasteiger partial charge in [0.05, 0.1) is 9.89 Å². The van der Waals surface area contributed by atoms with Crippen molar-refractivity contribution in [3.8, 4) is 0 Å². The van der Waals surface area contributed by atoms with Gasteiger partial charge in [-0.3, -0.25) is 14.4 Å². The predicted octanol–water partition coefficient (Wildman–Crippen LogP) is 6.69. The van der Waals surface area contributed by atoms with Crippen molar-refractivity contribution in [2.24, 2.45) is 33.7 Å². The Balaban J connectivity index is 1.42. The first-order chi connectivity index (χ1) is 21.3. The lowest BCUT2D eigenvalue weighted by molar-refractivity contribution is -0.228. The summed E-state index contributed by atoms with van der Waals surface area (Å²) >= 11 is 5.11. The Morgan fingerprint density at radius 3 is 2.56 bits per heavy atom. The van der Waals surface area contributed by atoms with Crippen molar-refractivity contribution in [1.82, 2.24) is 0 Å². The second-order valence-corrected chi connectivity index (χ2v) is 15.9. The number of hydrogen-bond donors (Lipinski definition) is 1. The molecule has 0 spiro atoms. The van der Waals surface area contributed by atoms with Gasteiger partial charge in [0.1, 0.15) is 12.3 Å². The SMILES string of the molecule is CCC(=O)OCC(=O)[C@@]1(OC(=O)CC)[C@@H](C)C[C@H]2[C@@H]3CCC4=C/C(=N/OCCc5ccc(Br)s5)C=C[C@]4(C)[C@@]3(F)[C@@H](O)C[C@@]21C. The van der Waals surface area contributed by atoms with Gasteiger partial charge in [0.15, 0.2) is 17.9 Å². The van der Waals surface area contributed by atoms with Gasteiger partial charge in [0.2, 0.25) is 5.78 Å². The highest BCUT2D eigenvalue weighted by Gasteiger charge is 2.77. The van der Waals surface area contributed by atoms with Crippen molar-refractivity contribution >= 4 is 50.7 Å². The van der Waals surface area contributed by atoms with E-state index in [9.17, 15) is 19.5 Å². The van der Waals surface area contributed by atoms with Crippen LogP contribution in [-0.2, 0) is 35.1 Å². The molecule has 0 bridgehead atoms. The minimum Gasteiger partial charge on any atom is -0.457 e. The molecule has 11 heteroatoms. The van der Waals surface area contributed by atoms with Crippen LogP contribution in [0.4, 0.5) is 4.39 Å². The number of rotatable bonds is 10. The topological polar surface area (TPSA) is 111 Å². The number of carbonyl (C=O) groups is 3. The van der Waals surface area contributed by atoms with Crippen LogP contribution in [0.3, 0.4) is 0 Å². The van der Waals surface area contributed by atoms with E-state index in [2.05, 4.69) is 21.1 Å². The second-order valence-electron chi connectivity index (χ2n) is 13.3. The minimum absolute atomic E-state index is 0.0483. The monoisotopic (exact) mass is 707 g/mol. The molecule has 8 nitrogen and oxygen atoms in total. The van der Waals surface area contributed by atoms with Crippen molar-refractivity contribution in [3.63, 3.8) is 0 Å². The maximum Gasteiger partial charge on any atom is 0.306 e.